The molecule has 3 aromatic carbocycles. The highest BCUT2D eigenvalue weighted by atomic mass is 16.5. The SMILES string of the molecule is CCOc1ccc(C2=NN3C(C2)c2ccccc2OC3c2cc(OC)c(OC)c(OC)c2)cc1. The summed E-state index contributed by atoms with van der Waals surface area (Å²) in [7, 11) is 4.81. The van der Waals surface area contributed by atoms with E-state index >= 15 is 0 Å². The molecule has 34 heavy (non-hydrogen) atoms. The van der Waals surface area contributed by atoms with Crippen LogP contribution in [0.5, 0.6) is 28.7 Å². The molecule has 0 radical (unpaired) electrons. The molecule has 7 nitrogen and oxygen atoms in total. The van der Waals surface area contributed by atoms with E-state index in [9.17, 15) is 0 Å². The molecule has 2 unspecified atom stereocenters. The van der Waals surface area contributed by atoms with Crippen LogP contribution in [0.15, 0.2) is 65.8 Å². The highest BCUT2D eigenvalue weighted by Gasteiger charge is 2.41. The van der Waals surface area contributed by atoms with Gasteiger partial charge in [-0.2, -0.15) is 5.10 Å². The molecule has 0 aromatic heterocycles. The third kappa shape index (κ3) is 3.77. The van der Waals surface area contributed by atoms with Crippen LogP contribution >= 0.6 is 0 Å². The van der Waals surface area contributed by atoms with Crippen LogP contribution in [-0.4, -0.2) is 38.7 Å². The van der Waals surface area contributed by atoms with Gasteiger partial charge in [0.15, 0.2) is 11.5 Å². The Morgan fingerprint density at radius 2 is 1.65 bits per heavy atom. The molecule has 2 aliphatic rings. The van der Waals surface area contributed by atoms with E-state index in [1.165, 1.54) is 0 Å². The Morgan fingerprint density at radius 3 is 2.29 bits per heavy atom. The molecule has 176 valence electrons. The number of nitrogens with zero attached hydrogens (tertiary/aromatic N) is 2. The summed E-state index contributed by atoms with van der Waals surface area (Å²) in [6, 6.07) is 20.1. The van der Waals surface area contributed by atoms with Crippen molar-refractivity contribution in [1.29, 1.82) is 0 Å². The summed E-state index contributed by atoms with van der Waals surface area (Å²) in [6.45, 7) is 2.62. The molecule has 2 heterocycles. The number of hydrogen-bond acceptors (Lipinski definition) is 7. The van der Waals surface area contributed by atoms with Gasteiger partial charge in [0.2, 0.25) is 12.0 Å². The van der Waals surface area contributed by atoms with Crippen molar-refractivity contribution in [3.05, 3.63) is 77.4 Å². The lowest BCUT2D eigenvalue weighted by Gasteiger charge is -2.38. The predicted octanol–water partition coefficient (Wildman–Crippen LogP) is 5.35. The van der Waals surface area contributed by atoms with Crippen molar-refractivity contribution < 1.29 is 23.7 Å². The van der Waals surface area contributed by atoms with Gasteiger partial charge in [0, 0.05) is 17.5 Å². The molecule has 0 saturated heterocycles. The third-order valence-corrected chi connectivity index (χ3v) is 6.17. The van der Waals surface area contributed by atoms with Crippen LogP contribution in [0.2, 0.25) is 0 Å². The highest BCUT2D eigenvalue weighted by Crippen LogP contribution is 2.49. The lowest BCUT2D eigenvalue weighted by Crippen LogP contribution is -2.33. The van der Waals surface area contributed by atoms with E-state index in [2.05, 4.69) is 18.2 Å². The normalized spacial score (nSPS) is 18.4. The van der Waals surface area contributed by atoms with Gasteiger partial charge in [-0.3, -0.25) is 0 Å². The average Bonchev–Trinajstić information content (AvgIpc) is 3.33. The van der Waals surface area contributed by atoms with Crippen LogP contribution in [0.4, 0.5) is 0 Å². The zero-order valence-corrected chi connectivity index (χ0v) is 19.8. The first-order valence-electron chi connectivity index (χ1n) is 11.3. The fourth-order valence-corrected chi connectivity index (χ4v) is 4.58. The van der Waals surface area contributed by atoms with Crippen LogP contribution in [0.3, 0.4) is 0 Å². The molecule has 0 N–H and O–H groups in total. The van der Waals surface area contributed by atoms with E-state index < -0.39 is 6.23 Å². The minimum Gasteiger partial charge on any atom is -0.494 e. The molecular formula is C27H28N2O5. The Morgan fingerprint density at radius 1 is 0.941 bits per heavy atom. The summed E-state index contributed by atoms with van der Waals surface area (Å²) in [5.41, 5.74) is 4.06. The number of ether oxygens (including phenoxy) is 5. The fraction of sp³-hybridized carbons (Fsp3) is 0.296. The second-order valence-electron chi connectivity index (χ2n) is 8.07. The minimum absolute atomic E-state index is 0.0515. The van der Waals surface area contributed by atoms with E-state index in [0.29, 0.717) is 23.9 Å². The average molecular weight is 461 g/mol. The van der Waals surface area contributed by atoms with Crippen molar-refractivity contribution in [2.24, 2.45) is 5.10 Å². The van der Waals surface area contributed by atoms with Crippen LogP contribution < -0.4 is 23.7 Å². The summed E-state index contributed by atoms with van der Waals surface area (Å²) in [5, 5.41) is 7.07. The monoisotopic (exact) mass is 460 g/mol. The molecule has 2 aliphatic heterocycles. The number of para-hydroxylation sites is 1. The standard InChI is InChI=1S/C27H28N2O5/c1-5-33-19-12-10-17(11-13-19)21-16-22-20-8-6-7-9-23(20)34-27(29(22)28-21)18-14-24(30-2)26(32-4)25(15-18)31-3/h6-15,22,27H,5,16H2,1-4H3. The number of hydrazone groups is 1. The Balaban J connectivity index is 1.57. The molecule has 2 atom stereocenters. The van der Waals surface area contributed by atoms with Crippen molar-refractivity contribution in [2.75, 3.05) is 27.9 Å². The lowest BCUT2D eigenvalue weighted by atomic mass is 9.96. The van der Waals surface area contributed by atoms with Crippen molar-refractivity contribution in [3.63, 3.8) is 0 Å². The van der Waals surface area contributed by atoms with Gasteiger partial charge in [-0.1, -0.05) is 18.2 Å². The molecule has 0 bridgehead atoms. The van der Waals surface area contributed by atoms with Gasteiger partial charge in [-0.25, -0.2) is 5.01 Å². The Hall–Kier alpha value is -3.87. The molecule has 5 rings (SSSR count). The Bertz CT molecular complexity index is 1180. The topological polar surface area (TPSA) is 61.8 Å². The first-order chi connectivity index (χ1) is 16.7. The van der Waals surface area contributed by atoms with Crippen molar-refractivity contribution >= 4 is 5.71 Å². The van der Waals surface area contributed by atoms with Crippen LogP contribution in [-0.2, 0) is 0 Å². The molecule has 0 spiro atoms. The van der Waals surface area contributed by atoms with Crippen molar-refractivity contribution in [3.8, 4) is 28.7 Å². The molecule has 7 heteroatoms. The third-order valence-electron chi connectivity index (χ3n) is 6.17. The van der Waals surface area contributed by atoms with E-state index in [1.807, 2.05) is 54.4 Å². The maximum Gasteiger partial charge on any atom is 0.214 e. The van der Waals surface area contributed by atoms with Crippen molar-refractivity contribution in [1.82, 2.24) is 5.01 Å². The van der Waals surface area contributed by atoms with Crippen LogP contribution in [0.25, 0.3) is 0 Å². The van der Waals surface area contributed by atoms with Gasteiger partial charge in [0.05, 0.1) is 39.7 Å². The molecule has 0 saturated carbocycles. The largest absolute Gasteiger partial charge is 0.494 e. The second kappa shape index (κ2) is 9.17. The van der Waals surface area contributed by atoms with Crippen LogP contribution in [0, 0.1) is 0 Å². The van der Waals surface area contributed by atoms with E-state index in [4.69, 9.17) is 28.8 Å². The molecular weight excluding hydrogens is 432 g/mol. The van der Waals surface area contributed by atoms with E-state index in [1.54, 1.807) is 21.3 Å². The molecule has 3 aromatic rings. The smallest absolute Gasteiger partial charge is 0.214 e. The Kier molecular flexibility index (Phi) is 5.92. The van der Waals surface area contributed by atoms with Gasteiger partial charge in [0.1, 0.15) is 11.5 Å². The molecule has 0 fully saturated rings. The summed E-state index contributed by atoms with van der Waals surface area (Å²) in [5.74, 6) is 3.40. The van der Waals surface area contributed by atoms with Gasteiger partial charge in [0.25, 0.3) is 0 Å². The summed E-state index contributed by atoms with van der Waals surface area (Å²) >= 11 is 0. The summed E-state index contributed by atoms with van der Waals surface area (Å²) in [6.07, 6.45) is 0.323. The molecule has 0 aliphatic carbocycles. The lowest BCUT2D eigenvalue weighted by molar-refractivity contribution is -0.0192. The van der Waals surface area contributed by atoms with Gasteiger partial charge < -0.3 is 23.7 Å². The van der Waals surface area contributed by atoms with Crippen molar-refractivity contribution in [2.45, 2.75) is 25.6 Å². The summed E-state index contributed by atoms with van der Waals surface area (Å²) in [4.78, 5) is 0. The minimum atomic E-state index is -0.450. The highest BCUT2D eigenvalue weighted by molar-refractivity contribution is 6.02. The molecule has 0 amide bonds. The fourth-order valence-electron chi connectivity index (χ4n) is 4.58. The Labute approximate surface area is 199 Å². The van der Waals surface area contributed by atoms with E-state index in [0.717, 1.165) is 40.3 Å². The number of rotatable bonds is 7. The van der Waals surface area contributed by atoms with Gasteiger partial charge in [-0.05, 0) is 55.0 Å². The number of fused-ring (bicyclic) bond motifs is 3. The predicted molar refractivity (Wildman–Crippen MR) is 129 cm³/mol. The first-order valence-corrected chi connectivity index (χ1v) is 11.3. The first kappa shape index (κ1) is 21.9. The quantitative estimate of drug-likeness (QED) is 0.474. The van der Waals surface area contributed by atoms with Gasteiger partial charge in [-0.15, -0.1) is 0 Å². The number of methoxy groups -OCH3 is 3. The zero-order valence-electron chi connectivity index (χ0n) is 19.8. The van der Waals surface area contributed by atoms with Gasteiger partial charge >= 0.3 is 0 Å². The maximum absolute atomic E-state index is 6.49. The van der Waals surface area contributed by atoms with Crippen LogP contribution in [0.1, 0.15) is 42.3 Å². The van der Waals surface area contributed by atoms with E-state index in [-0.39, 0.29) is 6.04 Å². The second-order valence-corrected chi connectivity index (χ2v) is 8.07. The zero-order chi connectivity index (χ0) is 23.7. The summed E-state index contributed by atoms with van der Waals surface area (Å²) < 4.78 is 28.8. The number of benzene rings is 3. The maximum atomic E-state index is 6.49. The number of hydrogen-bond donors (Lipinski definition) is 0.